The number of hydrogen-bond acceptors (Lipinski definition) is 9. The molecule has 0 aromatic carbocycles. The standard InChI is InChI=1S/C23H28O9/c1-12(2)21(26)31-18-8-13(3)7-16(30-15(5)25)9-23(6,28)10-19-20(18)17(22(27)32-19)11-29-14(4)24/h7,10,16,18,28H,1,8-9,11H2,2-6H3/b13-7-,19-10+/t16-,18+,23-/m0/s1. The highest BCUT2D eigenvalue weighted by atomic mass is 16.6. The minimum absolute atomic E-state index is 0.00618. The van der Waals surface area contributed by atoms with Crippen LogP contribution in [-0.2, 0) is 38.1 Å². The fourth-order valence-corrected chi connectivity index (χ4v) is 3.45. The van der Waals surface area contributed by atoms with Crippen molar-refractivity contribution < 1.29 is 43.2 Å². The van der Waals surface area contributed by atoms with E-state index in [2.05, 4.69) is 6.58 Å². The van der Waals surface area contributed by atoms with Crippen molar-refractivity contribution in [1.29, 1.82) is 0 Å². The molecule has 0 bridgehead atoms. The summed E-state index contributed by atoms with van der Waals surface area (Å²) in [5.41, 5.74) is -0.538. The second-order valence-corrected chi connectivity index (χ2v) is 8.17. The van der Waals surface area contributed by atoms with Gasteiger partial charge >= 0.3 is 23.9 Å². The molecule has 0 spiro atoms. The predicted molar refractivity (Wildman–Crippen MR) is 112 cm³/mol. The Morgan fingerprint density at radius 1 is 1.22 bits per heavy atom. The molecular formula is C23H28O9. The van der Waals surface area contributed by atoms with Crippen molar-refractivity contribution in [2.75, 3.05) is 6.61 Å². The number of fused-ring (bicyclic) bond motifs is 1. The van der Waals surface area contributed by atoms with Crippen LogP contribution in [0.5, 0.6) is 0 Å². The summed E-state index contributed by atoms with van der Waals surface area (Å²) in [4.78, 5) is 47.8. The van der Waals surface area contributed by atoms with E-state index in [0.29, 0.717) is 5.57 Å². The second-order valence-electron chi connectivity index (χ2n) is 8.17. The van der Waals surface area contributed by atoms with Gasteiger partial charge in [0.05, 0.1) is 11.2 Å². The molecule has 0 unspecified atom stereocenters. The van der Waals surface area contributed by atoms with Crippen LogP contribution in [0.25, 0.3) is 0 Å². The zero-order chi connectivity index (χ0) is 24.2. The first-order chi connectivity index (χ1) is 14.8. The van der Waals surface area contributed by atoms with Gasteiger partial charge in [-0.15, -0.1) is 0 Å². The van der Waals surface area contributed by atoms with Crippen LogP contribution in [0.15, 0.2) is 46.8 Å². The third kappa shape index (κ3) is 6.65. The van der Waals surface area contributed by atoms with Crippen LogP contribution in [0.4, 0.5) is 0 Å². The van der Waals surface area contributed by atoms with Gasteiger partial charge < -0.3 is 24.1 Å². The largest absolute Gasteiger partial charge is 0.461 e. The normalized spacial score (nSPS) is 28.9. The van der Waals surface area contributed by atoms with Crippen molar-refractivity contribution in [3.05, 3.63) is 46.8 Å². The molecular weight excluding hydrogens is 420 g/mol. The predicted octanol–water partition coefficient (Wildman–Crippen LogP) is 2.20. The molecule has 0 saturated heterocycles. The number of ether oxygens (including phenoxy) is 4. The zero-order valence-electron chi connectivity index (χ0n) is 18.9. The van der Waals surface area contributed by atoms with Crippen LogP contribution in [0.2, 0.25) is 0 Å². The number of carbonyl (C=O) groups is 4. The Balaban J connectivity index is 2.64. The fraction of sp³-hybridized carbons (Fsp3) is 0.478. The van der Waals surface area contributed by atoms with Gasteiger partial charge in [0.15, 0.2) is 0 Å². The molecule has 0 amide bonds. The lowest BCUT2D eigenvalue weighted by molar-refractivity contribution is -0.146. The Morgan fingerprint density at radius 2 is 1.88 bits per heavy atom. The van der Waals surface area contributed by atoms with E-state index in [9.17, 15) is 24.3 Å². The summed E-state index contributed by atoms with van der Waals surface area (Å²) in [6.45, 7) is 10.3. The minimum Gasteiger partial charge on any atom is -0.461 e. The average molecular weight is 448 g/mol. The summed E-state index contributed by atoms with van der Waals surface area (Å²) in [7, 11) is 0. The van der Waals surface area contributed by atoms with Crippen LogP contribution in [0, 0.1) is 0 Å². The maximum Gasteiger partial charge on any atom is 0.343 e. The Morgan fingerprint density at radius 3 is 2.44 bits per heavy atom. The van der Waals surface area contributed by atoms with Crippen LogP contribution in [0.1, 0.15) is 47.5 Å². The van der Waals surface area contributed by atoms with Crippen molar-refractivity contribution in [1.82, 2.24) is 0 Å². The van der Waals surface area contributed by atoms with Crippen LogP contribution >= 0.6 is 0 Å². The number of aliphatic hydroxyl groups is 1. The van der Waals surface area contributed by atoms with Crippen molar-refractivity contribution in [3.63, 3.8) is 0 Å². The van der Waals surface area contributed by atoms with Gasteiger partial charge in [0.25, 0.3) is 0 Å². The lowest BCUT2D eigenvalue weighted by atomic mass is 9.89. The highest BCUT2D eigenvalue weighted by molar-refractivity contribution is 5.96. The van der Waals surface area contributed by atoms with E-state index in [-0.39, 0.29) is 41.9 Å². The maximum absolute atomic E-state index is 12.6. The monoisotopic (exact) mass is 448 g/mol. The van der Waals surface area contributed by atoms with Crippen molar-refractivity contribution in [2.45, 2.75) is 65.3 Å². The number of hydrogen-bond donors (Lipinski definition) is 1. The quantitative estimate of drug-likeness (QED) is 0.291. The topological polar surface area (TPSA) is 125 Å². The molecule has 0 saturated carbocycles. The van der Waals surface area contributed by atoms with Gasteiger partial charge in [-0.3, -0.25) is 9.59 Å². The fourth-order valence-electron chi connectivity index (χ4n) is 3.45. The van der Waals surface area contributed by atoms with E-state index >= 15 is 0 Å². The third-order valence-corrected chi connectivity index (χ3v) is 4.73. The first kappa shape index (κ1) is 25.1. The Labute approximate surface area is 186 Å². The van der Waals surface area contributed by atoms with E-state index in [4.69, 9.17) is 18.9 Å². The van der Waals surface area contributed by atoms with E-state index in [1.807, 2.05) is 0 Å². The summed E-state index contributed by atoms with van der Waals surface area (Å²) in [6.07, 6.45) is 1.30. The molecule has 9 heteroatoms. The van der Waals surface area contributed by atoms with Gasteiger partial charge in [0, 0.05) is 37.8 Å². The molecule has 32 heavy (non-hydrogen) atoms. The summed E-state index contributed by atoms with van der Waals surface area (Å²) in [5, 5.41) is 10.9. The molecule has 0 aromatic heterocycles. The summed E-state index contributed by atoms with van der Waals surface area (Å²) in [6, 6.07) is 0. The van der Waals surface area contributed by atoms with Gasteiger partial charge in [0.1, 0.15) is 24.6 Å². The summed E-state index contributed by atoms with van der Waals surface area (Å²) in [5.74, 6) is -2.62. The number of carbonyl (C=O) groups excluding carboxylic acids is 4. The highest BCUT2D eigenvalue weighted by Gasteiger charge is 2.40. The zero-order valence-corrected chi connectivity index (χ0v) is 18.9. The van der Waals surface area contributed by atoms with Gasteiger partial charge in [-0.05, 0) is 32.9 Å². The molecule has 1 N–H and O–H groups in total. The molecule has 1 heterocycles. The molecule has 174 valence electrons. The van der Waals surface area contributed by atoms with E-state index < -0.39 is 41.7 Å². The number of rotatable bonds is 5. The maximum atomic E-state index is 12.6. The molecule has 2 aliphatic rings. The highest BCUT2D eigenvalue weighted by Crippen LogP contribution is 2.37. The van der Waals surface area contributed by atoms with E-state index in [0.717, 1.165) is 0 Å². The number of esters is 4. The van der Waals surface area contributed by atoms with Crippen molar-refractivity contribution in [2.24, 2.45) is 0 Å². The van der Waals surface area contributed by atoms with Gasteiger partial charge in [-0.25, -0.2) is 9.59 Å². The second kappa shape index (κ2) is 9.95. The molecule has 0 radical (unpaired) electrons. The molecule has 3 atom stereocenters. The van der Waals surface area contributed by atoms with Crippen molar-refractivity contribution >= 4 is 23.9 Å². The molecule has 1 aliphatic carbocycles. The van der Waals surface area contributed by atoms with Crippen LogP contribution in [-0.4, -0.2) is 53.4 Å². The van der Waals surface area contributed by atoms with Crippen LogP contribution in [0.3, 0.4) is 0 Å². The summed E-state index contributed by atoms with van der Waals surface area (Å²) >= 11 is 0. The van der Waals surface area contributed by atoms with Crippen LogP contribution < -0.4 is 0 Å². The lowest BCUT2D eigenvalue weighted by Crippen LogP contribution is -2.32. The average Bonchev–Trinajstić information content (AvgIpc) is 2.91. The van der Waals surface area contributed by atoms with Gasteiger partial charge in [-0.1, -0.05) is 12.2 Å². The Hall–Kier alpha value is -3.20. The smallest absolute Gasteiger partial charge is 0.343 e. The molecule has 0 fully saturated rings. The minimum atomic E-state index is -1.56. The molecule has 9 nitrogen and oxygen atoms in total. The SMILES string of the molecule is C=C(C)C(=O)O[C@@H]1C/C(C)=C\[C@H](OC(C)=O)C[C@](C)(O)/C=C2/OC(=O)C(COC(C)=O)=C21. The van der Waals surface area contributed by atoms with Gasteiger partial charge in [0.2, 0.25) is 0 Å². The van der Waals surface area contributed by atoms with Crippen molar-refractivity contribution in [3.8, 4) is 0 Å². The lowest BCUT2D eigenvalue weighted by Gasteiger charge is -2.28. The third-order valence-electron chi connectivity index (χ3n) is 4.73. The Bertz CT molecular complexity index is 933. The molecule has 2 rings (SSSR count). The molecule has 1 aliphatic heterocycles. The van der Waals surface area contributed by atoms with E-state index in [1.54, 1.807) is 13.0 Å². The molecule has 0 aromatic rings. The summed E-state index contributed by atoms with van der Waals surface area (Å²) < 4.78 is 21.3. The van der Waals surface area contributed by atoms with Gasteiger partial charge in [-0.2, -0.15) is 0 Å². The first-order valence-electron chi connectivity index (χ1n) is 10.0. The Kier molecular flexibility index (Phi) is 7.79. The van der Waals surface area contributed by atoms with E-state index in [1.165, 1.54) is 33.8 Å². The first-order valence-corrected chi connectivity index (χ1v) is 10.0.